The van der Waals surface area contributed by atoms with Crippen molar-refractivity contribution in [3.05, 3.63) is 33.8 Å². The van der Waals surface area contributed by atoms with Gasteiger partial charge in [-0.15, -0.1) is 0 Å². The van der Waals surface area contributed by atoms with Crippen molar-refractivity contribution >= 4 is 23.2 Å². The summed E-state index contributed by atoms with van der Waals surface area (Å²) in [5, 5.41) is 1.40. The van der Waals surface area contributed by atoms with Crippen molar-refractivity contribution in [2.24, 2.45) is 5.73 Å². The Morgan fingerprint density at radius 2 is 2.11 bits per heavy atom. The van der Waals surface area contributed by atoms with Crippen molar-refractivity contribution in [3.8, 4) is 0 Å². The summed E-state index contributed by atoms with van der Waals surface area (Å²) in [6, 6.07) is 6.47. The lowest BCUT2D eigenvalue weighted by Crippen LogP contribution is -2.39. The fourth-order valence-electron chi connectivity index (χ4n) is 2.97. The van der Waals surface area contributed by atoms with E-state index in [4.69, 9.17) is 28.9 Å². The van der Waals surface area contributed by atoms with Gasteiger partial charge in [-0.3, -0.25) is 4.90 Å². The molecule has 106 valence electrons. The first-order valence-corrected chi connectivity index (χ1v) is 7.80. The van der Waals surface area contributed by atoms with E-state index in [2.05, 4.69) is 11.8 Å². The molecule has 0 amide bonds. The van der Waals surface area contributed by atoms with Crippen LogP contribution in [0.1, 0.15) is 44.2 Å². The topological polar surface area (TPSA) is 29.3 Å². The number of benzene rings is 1. The minimum absolute atomic E-state index is 0.192. The van der Waals surface area contributed by atoms with Crippen LogP contribution in [-0.4, -0.2) is 24.0 Å². The zero-order valence-electron chi connectivity index (χ0n) is 11.4. The summed E-state index contributed by atoms with van der Waals surface area (Å²) >= 11 is 12.3. The van der Waals surface area contributed by atoms with Gasteiger partial charge in [0.15, 0.2) is 0 Å². The minimum atomic E-state index is 0.192. The lowest BCUT2D eigenvalue weighted by atomic mass is 10.0. The highest BCUT2D eigenvalue weighted by Crippen LogP contribution is 2.32. The minimum Gasteiger partial charge on any atom is -0.329 e. The summed E-state index contributed by atoms with van der Waals surface area (Å²) in [7, 11) is 0. The molecule has 0 spiro atoms. The van der Waals surface area contributed by atoms with Gasteiger partial charge in [0.1, 0.15) is 0 Å². The molecular weight excluding hydrogens is 279 g/mol. The molecule has 0 aromatic heterocycles. The van der Waals surface area contributed by atoms with Crippen molar-refractivity contribution in [1.29, 1.82) is 0 Å². The van der Waals surface area contributed by atoms with E-state index in [0.717, 1.165) is 17.1 Å². The number of halogens is 2. The van der Waals surface area contributed by atoms with Crippen LogP contribution < -0.4 is 5.73 Å². The smallest absolute Gasteiger partial charge is 0.0488 e. The molecule has 2 atom stereocenters. The number of rotatable bonds is 3. The Balaban J connectivity index is 2.27. The molecule has 2 N–H and O–H groups in total. The molecule has 1 aromatic rings. The Bertz CT molecular complexity index is 423. The third-order valence-corrected chi connectivity index (χ3v) is 4.61. The van der Waals surface area contributed by atoms with E-state index in [0.29, 0.717) is 17.6 Å². The lowest BCUT2D eigenvalue weighted by Gasteiger charge is -2.35. The van der Waals surface area contributed by atoms with Gasteiger partial charge in [-0.1, -0.05) is 42.1 Å². The normalized spacial score (nSPS) is 23.1. The molecule has 0 bridgehead atoms. The van der Waals surface area contributed by atoms with Crippen LogP contribution in [0, 0.1) is 0 Å². The summed E-state index contributed by atoms with van der Waals surface area (Å²) in [5.74, 6) is 0. The van der Waals surface area contributed by atoms with E-state index in [1.54, 1.807) is 0 Å². The molecule has 19 heavy (non-hydrogen) atoms. The molecule has 0 radical (unpaired) electrons. The van der Waals surface area contributed by atoms with E-state index in [1.807, 2.05) is 18.2 Å². The Labute approximate surface area is 125 Å². The molecule has 1 saturated heterocycles. The molecule has 1 aliphatic rings. The number of likely N-dealkylation sites (tertiary alicyclic amines) is 1. The molecule has 2 unspecified atom stereocenters. The molecule has 4 heteroatoms. The summed E-state index contributed by atoms with van der Waals surface area (Å²) in [6.45, 7) is 3.98. The van der Waals surface area contributed by atoms with Gasteiger partial charge in [0.05, 0.1) is 0 Å². The van der Waals surface area contributed by atoms with Crippen molar-refractivity contribution < 1.29 is 0 Å². The Morgan fingerprint density at radius 1 is 1.32 bits per heavy atom. The van der Waals surface area contributed by atoms with E-state index < -0.39 is 0 Å². The average Bonchev–Trinajstić information content (AvgIpc) is 2.58. The monoisotopic (exact) mass is 300 g/mol. The summed E-state index contributed by atoms with van der Waals surface area (Å²) in [6.07, 6.45) is 5.10. The second kappa shape index (κ2) is 6.94. The molecule has 0 aliphatic carbocycles. The van der Waals surface area contributed by atoms with Crippen LogP contribution in [0.2, 0.25) is 10.0 Å². The van der Waals surface area contributed by atoms with Gasteiger partial charge in [-0.05, 0) is 44.0 Å². The fraction of sp³-hybridized carbons (Fsp3) is 0.600. The van der Waals surface area contributed by atoms with Gasteiger partial charge in [0.2, 0.25) is 0 Å². The van der Waals surface area contributed by atoms with E-state index in [1.165, 1.54) is 25.7 Å². The number of nitrogens with two attached hydrogens (primary N) is 1. The van der Waals surface area contributed by atoms with E-state index >= 15 is 0 Å². The van der Waals surface area contributed by atoms with Crippen LogP contribution >= 0.6 is 23.2 Å². The van der Waals surface area contributed by atoms with E-state index in [9.17, 15) is 0 Å². The second-order valence-electron chi connectivity index (χ2n) is 5.35. The van der Waals surface area contributed by atoms with Crippen molar-refractivity contribution in [2.45, 2.75) is 44.7 Å². The highest BCUT2D eigenvalue weighted by atomic mass is 35.5. The highest BCUT2D eigenvalue weighted by Gasteiger charge is 2.26. The van der Waals surface area contributed by atoms with E-state index in [-0.39, 0.29) is 6.04 Å². The highest BCUT2D eigenvalue weighted by molar-refractivity contribution is 6.35. The lowest BCUT2D eigenvalue weighted by molar-refractivity contribution is 0.151. The Kier molecular flexibility index (Phi) is 5.52. The molecule has 2 rings (SSSR count). The molecule has 0 saturated carbocycles. The van der Waals surface area contributed by atoms with Crippen LogP contribution in [0.5, 0.6) is 0 Å². The van der Waals surface area contributed by atoms with Gasteiger partial charge >= 0.3 is 0 Å². The van der Waals surface area contributed by atoms with Crippen molar-refractivity contribution in [2.75, 3.05) is 13.1 Å². The molecule has 2 nitrogen and oxygen atoms in total. The van der Waals surface area contributed by atoms with Gasteiger partial charge in [0.25, 0.3) is 0 Å². The molecule has 1 aromatic carbocycles. The predicted octanol–water partition coefficient (Wildman–Crippen LogP) is 4.26. The standard InChI is InChI=1S/C15H22Cl2N2/c1-11-5-3-2-4-8-19(11)15(10-18)13-7-6-12(16)9-14(13)17/h6-7,9,11,15H,2-5,8,10,18H2,1H3. The third-order valence-electron chi connectivity index (χ3n) is 4.05. The first-order valence-electron chi connectivity index (χ1n) is 7.04. The van der Waals surface area contributed by atoms with Crippen LogP contribution in [0.3, 0.4) is 0 Å². The summed E-state index contributed by atoms with van der Waals surface area (Å²) in [4.78, 5) is 2.50. The van der Waals surface area contributed by atoms with Crippen LogP contribution in [0.15, 0.2) is 18.2 Å². The Morgan fingerprint density at radius 3 is 2.79 bits per heavy atom. The molecule has 1 aliphatic heterocycles. The van der Waals surface area contributed by atoms with Crippen LogP contribution in [0.25, 0.3) is 0 Å². The zero-order valence-corrected chi connectivity index (χ0v) is 12.9. The first-order chi connectivity index (χ1) is 9.13. The van der Waals surface area contributed by atoms with Gasteiger partial charge < -0.3 is 5.73 Å². The zero-order chi connectivity index (χ0) is 13.8. The quantitative estimate of drug-likeness (QED) is 0.904. The second-order valence-corrected chi connectivity index (χ2v) is 6.20. The molecule has 1 fully saturated rings. The largest absolute Gasteiger partial charge is 0.329 e. The van der Waals surface area contributed by atoms with Crippen LogP contribution in [-0.2, 0) is 0 Å². The third kappa shape index (κ3) is 3.63. The number of nitrogens with zero attached hydrogens (tertiary/aromatic N) is 1. The number of hydrogen-bond acceptors (Lipinski definition) is 2. The number of hydrogen-bond donors (Lipinski definition) is 1. The van der Waals surface area contributed by atoms with Crippen molar-refractivity contribution in [1.82, 2.24) is 4.90 Å². The maximum Gasteiger partial charge on any atom is 0.0488 e. The van der Waals surface area contributed by atoms with Crippen molar-refractivity contribution in [3.63, 3.8) is 0 Å². The summed E-state index contributed by atoms with van der Waals surface area (Å²) in [5.41, 5.74) is 7.12. The molecular formula is C15H22Cl2N2. The molecule has 1 heterocycles. The van der Waals surface area contributed by atoms with Gasteiger partial charge in [0, 0.05) is 28.7 Å². The summed E-state index contributed by atoms with van der Waals surface area (Å²) < 4.78 is 0. The Hall–Kier alpha value is -0.280. The fourth-order valence-corrected chi connectivity index (χ4v) is 3.51. The maximum atomic E-state index is 6.34. The maximum absolute atomic E-state index is 6.34. The average molecular weight is 301 g/mol. The van der Waals surface area contributed by atoms with Crippen LogP contribution in [0.4, 0.5) is 0 Å². The van der Waals surface area contributed by atoms with Gasteiger partial charge in [-0.25, -0.2) is 0 Å². The predicted molar refractivity (Wildman–Crippen MR) is 82.9 cm³/mol. The SMILES string of the molecule is CC1CCCCCN1C(CN)c1ccc(Cl)cc1Cl. The first kappa shape index (κ1) is 15.1. The van der Waals surface area contributed by atoms with Gasteiger partial charge in [-0.2, -0.15) is 0 Å².